The van der Waals surface area contributed by atoms with Crippen LogP contribution in [0, 0.1) is 5.92 Å². The van der Waals surface area contributed by atoms with E-state index in [4.69, 9.17) is 0 Å². The number of nitrogens with zero attached hydrogens (tertiary/aromatic N) is 1. The first-order valence-corrected chi connectivity index (χ1v) is 8.01. The molecule has 0 radical (unpaired) electrons. The summed E-state index contributed by atoms with van der Waals surface area (Å²) in [6, 6.07) is 5.87. The van der Waals surface area contributed by atoms with Crippen LogP contribution in [0.25, 0.3) is 0 Å². The van der Waals surface area contributed by atoms with E-state index in [1.54, 1.807) is 0 Å². The fourth-order valence-electron chi connectivity index (χ4n) is 3.39. The second-order valence-corrected chi connectivity index (χ2v) is 6.11. The third kappa shape index (κ3) is 3.06. The van der Waals surface area contributed by atoms with Crippen LogP contribution in [-0.2, 0) is 16.0 Å². The first kappa shape index (κ1) is 14.8. The molecule has 1 heterocycles. The number of carbonyl (C=O) groups is 2. The van der Waals surface area contributed by atoms with Gasteiger partial charge in [0.25, 0.3) is 0 Å². The normalized spacial score (nSPS) is 19.9. The molecule has 0 spiro atoms. The molecule has 116 valence electrons. The van der Waals surface area contributed by atoms with Gasteiger partial charge in [0, 0.05) is 19.9 Å². The Morgan fingerprint density at radius 3 is 2.95 bits per heavy atom. The molecule has 1 aliphatic carbocycles. The van der Waals surface area contributed by atoms with Gasteiger partial charge in [0.05, 0.1) is 11.4 Å². The summed E-state index contributed by atoms with van der Waals surface area (Å²) in [7, 11) is 0. The van der Waals surface area contributed by atoms with Crippen molar-refractivity contribution in [2.75, 3.05) is 16.8 Å². The Labute approximate surface area is 131 Å². The largest absolute Gasteiger partial charge is 0.325 e. The van der Waals surface area contributed by atoms with E-state index in [0.717, 1.165) is 49.2 Å². The fourth-order valence-corrected chi connectivity index (χ4v) is 3.39. The minimum Gasteiger partial charge on any atom is -0.325 e. The minimum atomic E-state index is -0.106. The number of hydrogen-bond acceptors (Lipinski definition) is 2. The van der Waals surface area contributed by atoms with Gasteiger partial charge >= 0.3 is 0 Å². The van der Waals surface area contributed by atoms with Crippen LogP contribution in [0.3, 0.4) is 0 Å². The number of allylic oxidation sites excluding steroid dienone is 2. The third-order valence-corrected chi connectivity index (χ3v) is 4.38. The minimum absolute atomic E-state index is 0.106. The van der Waals surface area contributed by atoms with Gasteiger partial charge in [-0.25, -0.2) is 0 Å². The van der Waals surface area contributed by atoms with E-state index in [9.17, 15) is 9.59 Å². The van der Waals surface area contributed by atoms with Crippen LogP contribution < -0.4 is 10.2 Å². The molecular formula is C18H22N2O2. The van der Waals surface area contributed by atoms with Crippen LogP contribution in [-0.4, -0.2) is 18.4 Å². The summed E-state index contributed by atoms with van der Waals surface area (Å²) in [6.45, 7) is 2.23. The second-order valence-electron chi connectivity index (χ2n) is 6.11. The standard InChI is InChI=1S/C18H22N2O2/c1-13(21)19-16-10-4-8-15-9-5-11-20(18(15)16)17(22)12-14-6-2-3-7-14/h2,4,6,8,10,14H,3,5,7,9,11-12H2,1H3,(H,19,21)/t14-/m1/s1. The van der Waals surface area contributed by atoms with Gasteiger partial charge in [0.15, 0.2) is 0 Å². The number of carbonyl (C=O) groups excluding carboxylic acids is 2. The number of amides is 2. The lowest BCUT2D eigenvalue weighted by molar-refractivity contribution is -0.119. The zero-order chi connectivity index (χ0) is 15.5. The first-order chi connectivity index (χ1) is 10.6. The Morgan fingerprint density at radius 2 is 2.23 bits per heavy atom. The van der Waals surface area contributed by atoms with Crippen LogP contribution in [0.2, 0.25) is 0 Å². The molecule has 1 aliphatic heterocycles. The molecule has 1 aromatic carbocycles. The molecule has 3 rings (SSSR count). The molecule has 22 heavy (non-hydrogen) atoms. The van der Waals surface area contributed by atoms with Crippen molar-refractivity contribution >= 4 is 23.2 Å². The number of para-hydroxylation sites is 1. The molecule has 1 aromatic rings. The third-order valence-electron chi connectivity index (χ3n) is 4.38. The molecule has 1 N–H and O–H groups in total. The maximum atomic E-state index is 12.7. The zero-order valence-corrected chi connectivity index (χ0v) is 13.0. The number of rotatable bonds is 3. The number of aryl methyl sites for hydroxylation is 1. The lowest BCUT2D eigenvalue weighted by Gasteiger charge is -2.32. The van der Waals surface area contributed by atoms with Crippen molar-refractivity contribution < 1.29 is 9.59 Å². The number of hydrogen-bond donors (Lipinski definition) is 1. The number of fused-ring (bicyclic) bond motifs is 1. The van der Waals surface area contributed by atoms with Gasteiger partial charge in [-0.1, -0.05) is 24.3 Å². The molecule has 2 amide bonds. The maximum Gasteiger partial charge on any atom is 0.227 e. The van der Waals surface area contributed by atoms with Crippen molar-refractivity contribution in [1.29, 1.82) is 0 Å². The Balaban J connectivity index is 1.87. The molecule has 0 fully saturated rings. The van der Waals surface area contributed by atoms with E-state index in [-0.39, 0.29) is 11.8 Å². The summed E-state index contributed by atoms with van der Waals surface area (Å²) in [5.41, 5.74) is 2.80. The van der Waals surface area contributed by atoms with E-state index in [1.165, 1.54) is 6.92 Å². The van der Waals surface area contributed by atoms with E-state index in [1.807, 2.05) is 17.0 Å². The fraction of sp³-hybridized carbons (Fsp3) is 0.444. The highest BCUT2D eigenvalue weighted by atomic mass is 16.2. The van der Waals surface area contributed by atoms with Crippen molar-refractivity contribution in [3.05, 3.63) is 35.9 Å². The van der Waals surface area contributed by atoms with Gasteiger partial charge in [-0.3, -0.25) is 9.59 Å². The van der Waals surface area contributed by atoms with Crippen LogP contribution in [0.1, 0.15) is 38.2 Å². The number of benzene rings is 1. The van der Waals surface area contributed by atoms with Gasteiger partial charge in [0.1, 0.15) is 0 Å². The van der Waals surface area contributed by atoms with Crippen molar-refractivity contribution in [1.82, 2.24) is 0 Å². The SMILES string of the molecule is CC(=O)Nc1cccc2c1N(C(=O)C[C@@H]1C=CCC1)CCC2. The molecule has 2 aliphatic rings. The highest BCUT2D eigenvalue weighted by Crippen LogP contribution is 2.36. The summed E-state index contributed by atoms with van der Waals surface area (Å²) in [6.07, 6.45) is 8.95. The quantitative estimate of drug-likeness (QED) is 0.871. The van der Waals surface area contributed by atoms with Gasteiger partial charge in [-0.2, -0.15) is 0 Å². The maximum absolute atomic E-state index is 12.7. The van der Waals surface area contributed by atoms with Crippen LogP contribution in [0.4, 0.5) is 11.4 Å². The number of nitrogens with one attached hydrogen (secondary N) is 1. The lowest BCUT2D eigenvalue weighted by Crippen LogP contribution is -2.37. The molecule has 0 saturated heterocycles. The van der Waals surface area contributed by atoms with E-state index in [0.29, 0.717) is 12.3 Å². The van der Waals surface area contributed by atoms with Crippen molar-refractivity contribution in [3.8, 4) is 0 Å². The van der Waals surface area contributed by atoms with Gasteiger partial charge in [-0.15, -0.1) is 0 Å². The Kier molecular flexibility index (Phi) is 4.27. The molecule has 4 nitrogen and oxygen atoms in total. The van der Waals surface area contributed by atoms with Crippen molar-refractivity contribution in [3.63, 3.8) is 0 Å². The monoisotopic (exact) mass is 298 g/mol. The van der Waals surface area contributed by atoms with E-state index in [2.05, 4.69) is 23.5 Å². The van der Waals surface area contributed by atoms with Gasteiger partial charge in [-0.05, 0) is 43.2 Å². The average molecular weight is 298 g/mol. The molecule has 1 atom stereocenters. The molecular weight excluding hydrogens is 276 g/mol. The zero-order valence-electron chi connectivity index (χ0n) is 13.0. The van der Waals surface area contributed by atoms with Crippen LogP contribution >= 0.6 is 0 Å². The Hall–Kier alpha value is -2.10. The lowest BCUT2D eigenvalue weighted by atomic mass is 9.98. The predicted molar refractivity (Wildman–Crippen MR) is 87.9 cm³/mol. The summed E-state index contributed by atoms with van der Waals surface area (Å²) < 4.78 is 0. The predicted octanol–water partition coefficient (Wildman–Crippen LogP) is 3.28. The van der Waals surface area contributed by atoms with Crippen molar-refractivity contribution in [2.45, 2.75) is 39.0 Å². The topological polar surface area (TPSA) is 49.4 Å². The highest BCUT2D eigenvalue weighted by molar-refractivity contribution is 6.02. The van der Waals surface area contributed by atoms with Crippen LogP contribution in [0.5, 0.6) is 0 Å². The smallest absolute Gasteiger partial charge is 0.227 e. The average Bonchev–Trinajstić information content (AvgIpc) is 2.99. The molecule has 4 heteroatoms. The number of anilines is 2. The summed E-state index contributed by atoms with van der Waals surface area (Å²) in [5.74, 6) is 0.422. The Bertz CT molecular complexity index is 622. The second kappa shape index (κ2) is 6.34. The van der Waals surface area contributed by atoms with Crippen molar-refractivity contribution in [2.24, 2.45) is 5.92 Å². The molecule has 0 saturated carbocycles. The Morgan fingerprint density at radius 1 is 1.36 bits per heavy atom. The first-order valence-electron chi connectivity index (χ1n) is 8.01. The highest BCUT2D eigenvalue weighted by Gasteiger charge is 2.27. The molecule has 0 aromatic heterocycles. The molecule has 0 bridgehead atoms. The summed E-state index contributed by atoms with van der Waals surface area (Å²) in [4.78, 5) is 26.0. The summed E-state index contributed by atoms with van der Waals surface area (Å²) >= 11 is 0. The van der Waals surface area contributed by atoms with E-state index < -0.39 is 0 Å². The van der Waals surface area contributed by atoms with Gasteiger partial charge in [0.2, 0.25) is 11.8 Å². The van der Waals surface area contributed by atoms with Crippen LogP contribution in [0.15, 0.2) is 30.4 Å². The molecule has 0 unspecified atom stereocenters. The van der Waals surface area contributed by atoms with E-state index >= 15 is 0 Å². The van der Waals surface area contributed by atoms with Gasteiger partial charge < -0.3 is 10.2 Å². The summed E-state index contributed by atoms with van der Waals surface area (Å²) in [5, 5.41) is 2.86.